The normalized spacial score (nSPS) is 10.4. The van der Waals surface area contributed by atoms with Gasteiger partial charge in [0.2, 0.25) is 5.91 Å². The fourth-order valence-electron chi connectivity index (χ4n) is 2.54. The van der Waals surface area contributed by atoms with Crippen molar-refractivity contribution in [3.8, 4) is 11.5 Å². The van der Waals surface area contributed by atoms with Gasteiger partial charge in [-0.1, -0.05) is 35.9 Å². The zero-order valence-electron chi connectivity index (χ0n) is 15.1. The third-order valence-electron chi connectivity index (χ3n) is 3.88. The molecule has 0 radical (unpaired) electrons. The molecule has 5 nitrogen and oxygen atoms in total. The van der Waals surface area contributed by atoms with Gasteiger partial charge in [-0.25, -0.2) is 0 Å². The molecule has 2 rings (SSSR count). The fourth-order valence-corrected chi connectivity index (χ4v) is 2.54. The Morgan fingerprint density at radius 3 is 2.44 bits per heavy atom. The molecule has 0 saturated carbocycles. The van der Waals surface area contributed by atoms with Crippen molar-refractivity contribution >= 4 is 5.91 Å². The number of amides is 1. The summed E-state index contributed by atoms with van der Waals surface area (Å²) in [5.74, 6) is 1.46. The molecule has 0 aliphatic carbocycles. The van der Waals surface area contributed by atoms with Crippen LogP contribution in [0.2, 0.25) is 0 Å². The van der Waals surface area contributed by atoms with Gasteiger partial charge >= 0.3 is 0 Å². The molecule has 25 heavy (non-hydrogen) atoms. The third-order valence-corrected chi connectivity index (χ3v) is 3.88. The van der Waals surface area contributed by atoms with Crippen LogP contribution in [0.3, 0.4) is 0 Å². The molecule has 0 aromatic heterocycles. The smallest absolute Gasteiger partial charge is 0.221 e. The van der Waals surface area contributed by atoms with E-state index in [1.807, 2.05) is 43.3 Å². The standard InChI is InChI=1S/C20H26N2O3/c1-15-5-4-6-16(11-15)14-22-20(23)9-10-21-13-17-7-8-18(24-2)19(12-17)25-3/h4-8,11-12,21H,9-10,13-14H2,1-3H3,(H,22,23). The monoisotopic (exact) mass is 342 g/mol. The van der Waals surface area contributed by atoms with Crippen LogP contribution in [0.1, 0.15) is 23.1 Å². The van der Waals surface area contributed by atoms with Crippen molar-refractivity contribution in [2.24, 2.45) is 0 Å². The summed E-state index contributed by atoms with van der Waals surface area (Å²) in [4.78, 5) is 11.9. The Balaban J connectivity index is 1.69. The Bertz CT molecular complexity index is 701. The first kappa shape index (κ1) is 18.8. The second kappa shape index (κ2) is 9.69. The average Bonchev–Trinajstić information content (AvgIpc) is 2.63. The number of rotatable bonds is 9. The molecule has 0 saturated heterocycles. The van der Waals surface area contributed by atoms with Crippen molar-refractivity contribution < 1.29 is 14.3 Å². The lowest BCUT2D eigenvalue weighted by Gasteiger charge is -2.10. The number of ether oxygens (including phenoxy) is 2. The van der Waals surface area contributed by atoms with Gasteiger partial charge < -0.3 is 20.1 Å². The van der Waals surface area contributed by atoms with Crippen LogP contribution in [0, 0.1) is 6.92 Å². The second-order valence-electron chi connectivity index (χ2n) is 5.88. The Hall–Kier alpha value is -2.53. The van der Waals surface area contributed by atoms with Crippen molar-refractivity contribution in [1.82, 2.24) is 10.6 Å². The number of carbonyl (C=O) groups excluding carboxylic acids is 1. The van der Waals surface area contributed by atoms with Crippen LogP contribution >= 0.6 is 0 Å². The summed E-state index contributed by atoms with van der Waals surface area (Å²) in [6.07, 6.45) is 0.444. The molecular formula is C20H26N2O3. The Morgan fingerprint density at radius 1 is 0.960 bits per heavy atom. The Kier molecular flexibility index (Phi) is 7.29. The molecule has 2 N–H and O–H groups in total. The minimum absolute atomic E-state index is 0.0429. The van der Waals surface area contributed by atoms with Gasteiger partial charge in [0.15, 0.2) is 11.5 Å². The van der Waals surface area contributed by atoms with E-state index in [4.69, 9.17) is 9.47 Å². The molecule has 0 fully saturated rings. The molecule has 0 unspecified atom stereocenters. The lowest BCUT2D eigenvalue weighted by Crippen LogP contribution is -2.27. The number of nitrogens with one attached hydrogen (secondary N) is 2. The van der Waals surface area contributed by atoms with Crippen LogP contribution < -0.4 is 20.1 Å². The van der Waals surface area contributed by atoms with Crippen LogP contribution in [0.25, 0.3) is 0 Å². The highest BCUT2D eigenvalue weighted by atomic mass is 16.5. The highest BCUT2D eigenvalue weighted by molar-refractivity contribution is 5.76. The van der Waals surface area contributed by atoms with Gasteiger partial charge in [-0.05, 0) is 30.2 Å². The molecule has 0 heterocycles. The van der Waals surface area contributed by atoms with Crippen LogP contribution in [0.4, 0.5) is 0 Å². The summed E-state index contributed by atoms with van der Waals surface area (Å²) in [5.41, 5.74) is 3.40. The van der Waals surface area contributed by atoms with E-state index in [0.29, 0.717) is 37.6 Å². The van der Waals surface area contributed by atoms with E-state index in [1.165, 1.54) is 5.56 Å². The van der Waals surface area contributed by atoms with Crippen LogP contribution in [-0.2, 0) is 17.9 Å². The first-order chi connectivity index (χ1) is 12.1. The average molecular weight is 342 g/mol. The molecule has 0 atom stereocenters. The van der Waals surface area contributed by atoms with Crippen molar-refractivity contribution in [1.29, 1.82) is 0 Å². The molecule has 0 aliphatic heterocycles. The molecule has 2 aromatic rings. The molecule has 5 heteroatoms. The maximum Gasteiger partial charge on any atom is 0.221 e. The highest BCUT2D eigenvalue weighted by Crippen LogP contribution is 2.27. The quantitative estimate of drug-likeness (QED) is 0.688. The maximum absolute atomic E-state index is 11.9. The molecule has 0 bridgehead atoms. The van der Waals surface area contributed by atoms with Gasteiger partial charge in [-0.2, -0.15) is 0 Å². The summed E-state index contributed by atoms with van der Waals surface area (Å²) >= 11 is 0. The number of aryl methyl sites for hydroxylation is 1. The summed E-state index contributed by atoms with van der Waals surface area (Å²) in [6, 6.07) is 13.9. The number of hydrogen-bond acceptors (Lipinski definition) is 4. The van der Waals surface area contributed by atoms with Crippen LogP contribution in [0.5, 0.6) is 11.5 Å². The SMILES string of the molecule is COc1ccc(CNCCC(=O)NCc2cccc(C)c2)cc1OC. The van der Waals surface area contributed by atoms with Gasteiger partial charge in [0.25, 0.3) is 0 Å². The van der Waals surface area contributed by atoms with Gasteiger partial charge in [0.05, 0.1) is 14.2 Å². The number of benzene rings is 2. The zero-order chi connectivity index (χ0) is 18.1. The number of carbonyl (C=O) groups is 1. The van der Waals surface area contributed by atoms with E-state index >= 15 is 0 Å². The zero-order valence-corrected chi connectivity index (χ0v) is 15.1. The topological polar surface area (TPSA) is 59.6 Å². The molecular weight excluding hydrogens is 316 g/mol. The van der Waals surface area contributed by atoms with E-state index in [-0.39, 0.29) is 5.91 Å². The first-order valence-corrected chi connectivity index (χ1v) is 8.36. The maximum atomic E-state index is 11.9. The summed E-state index contributed by atoms with van der Waals surface area (Å²) in [6.45, 7) is 3.90. The van der Waals surface area contributed by atoms with Gasteiger partial charge in [-0.15, -0.1) is 0 Å². The van der Waals surface area contributed by atoms with E-state index < -0.39 is 0 Å². The van der Waals surface area contributed by atoms with Crippen LogP contribution in [-0.4, -0.2) is 26.7 Å². The Labute approximate surface area is 149 Å². The summed E-state index contributed by atoms with van der Waals surface area (Å²) < 4.78 is 10.5. The van der Waals surface area contributed by atoms with E-state index in [0.717, 1.165) is 11.1 Å². The second-order valence-corrected chi connectivity index (χ2v) is 5.88. The fraction of sp³-hybridized carbons (Fsp3) is 0.350. The molecule has 0 aliphatic rings. The predicted octanol–water partition coefficient (Wildman–Crippen LogP) is 2.81. The molecule has 2 aromatic carbocycles. The minimum atomic E-state index is 0.0429. The van der Waals surface area contributed by atoms with Crippen molar-refractivity contribution in [2.75, 3.05) is 20.8 Å². The minimum Gasteiger partial charge on any atom is -0.493 e. The lowest BCUT2D eigenvalue weighted by molar-refractivity contribution is -0.121. The van der Waals surface area contributed by atoms with Crippen LogP contribution in [0.15, 0.2) is 42.5 Å². The largest absolute Gasteiger partial charge is 0.493 e. The van der Waals surface area contributed by atoms with Gasteiger partial charge in [-0.3, -0.25) is 4.79 Å². The number of methoxy groups -OCH3 is 2. The number of hydrogen-bond donors (Lipinski definition) is 2. The van der Waals surface area contributed by atoms with Crippen molar-refractivity contribution in [3.05, 3.63) is 59.2 Å². The van der Waals surface area contributed by atoms with Crippen molar-refractivity contribution in [3.63, 3.8) is 0 Å². The predicted molar refractivity (Wildman–Crippen MR) is 98.9 cm³/mol. The Morgan fingerprint density at radius 2 is 1.72 bits per heavy atom. The van der Waals surface area contributed by atoms with E-state index in [1.54, 1.807) is 14.2 Å². The van der Waals surface area contributed by atoms with E-state index in [2.05, 4.69) is 16.7 Å². The molecule has 134 valence electrons. The lowest BCUT2D eigenvalue weighted by atomic mass is 10.1. The summed E-state index contributed by atoms with van der Waals surface area (Å²) in [7, 11) is 3.23. The van der Waals surface area contributed by atoms with Gasteiger partial charge in [0, 0.05) is 26.1 Å². The summed E-state index contributed by atoms with van der Waals surface area (Å²) in [5, 5.41) is 6.21. The molecule has 1 amide bonds. The highest BCUT2D eigenvalue weighted by Gasteiger charge is 2.05. The van der Waals surface area contributed by atoms with Crippen molar-refractivity contribution in [2.45, 2.75) is 26.4 Å². The third kappa shape index (κ3) is 6.12. The first-order valence-electron chi connectivity index (χ1n) is 8.36. The van der Waals surface area contributed by atoms with E-state index in [9.17, 15) is 4.79 Å². The van der Waals surface area contributed by atoms with Gasteiger partial charge in [0.1, 0.15) is 0 Å². The molecule has 0 spiro atoms.